The molecule has 0 aromatic carbocycles. The predicted molar refractivity (Wildman–Crippen MR) is 88.5 cm³/mol. The van der Waals surface area contributed by atoms with Gasteiger partial charge in [-0.25, -0.2) is 4.98 Å². The number of aryl methyl sites for hydroxylation is 1. The number of piperazine rings is 1. The van der Waals surface area contributed by atoms with Crippen LogP contribution in [0, 0.1) is 12.3 Å². The van der Waals surface area contributed by atoms with Gasteiger partial charge < -0.3 is 9.80 Å². The van der Waals surface area contributed by atoms with Gasteiger partial charge in [0.25, 0.3) is 0 Å². The molecule has 1 aliphatic rings. The molecule has 120 valence electrons. The number of nitrogens with zero attached hydrogens (tertiary/aromatic N) is 3. The van der Waals surface area contributed by atoms with Crippen molar-refractivity contribution in [3.05, 3.63) is 22.2 Å². The number of hydrogen-bond donors (Lipinski definition) is 0. The molecule has 1 fully saturated rings. The van der Waals surface area contributed by atoms with Gasteiger partial charge in [0.1, 0.15) is 0 Å². The van der Waals surface area contributed by atoms with Crippen LogP contribution in [0.25, 0.3) is 6.08 Å². The number of hydrogen-bond acceptors (Lipinski definition) is 4. The first kappa shape index (κ1) is 16.7. The smallest absolute Gasteiger partial charge is 0.246 e. The summed E-state index contributed by atoms with van der Waals surface area (Å²) in [7, 11) is 0. The Morgan fingerprint density at radius 3 is 2.27 bits per heavy atom. The van der Waals surface area contributed by atoms with Crippen LogP contribution in [0.3, 0.4) is 0 Å². The standard InChI is InChI=1S/C16H23N3O2S/c1-12-17-13(11-22-12)5-6-14(20)18-7-9-19(10-8-18)15(21)16(2,3)4/h5-6,11H,7-10H2,1-4H3/b6-5+. The highest BCUT2D eigenvalue weighted by atomic mass is 32.1. The molecule has 6 heteroatoms. The van der Waals surface area contributed by atoms with E-state index >= 15 is 0 Å². The number of thiazole rings is 1. The molecule has 0 N–H and O–H groups in total. The highest BCUT2D eigenvalue weighted by Crippen LogP contribution is 2.18. The third-order valence-corrected chi connectivity index (χ3v) is 4.35. The van der Waals surface area contributed by atoms with Crippen LogP contribution in [-0.4, -0.2) is 52.8 Å². The van der Waals surface area contributed by atoms with Gasteiger partial charge in [-0.1, -0.05) is 20.8 Å². The van der Waals surface area contributed by atoms with Crippen molar-refractivity contribution in [1.82, 2.24) is 14.8 Å². The van der Waals surface area contributed by atoms with Crippen molar-refractivity contribution in [2.75, 3.05) is 26.2 Å². The van der Waals surface area contributed by atoms with Crippen molar-refractivity contribution in [1.29, 1.82) is 0 Å². The van der Waals surface area contributed by atoms with Crippen molar-refractivity contribution < 1.29 is 9.59 Å². The number of carbonyl (C=O) groups excluding carboxylic acids is 2. The maximum Gasteiger partial charge on any atom is 0.246 e. The Morgan fingerprint density at radius 2 is 1.77 bits per heavy atom. The fraction of sp³-hybridized carbons (Fsp3) is 0.562. The van der Waals surface area contributed by atoms with E-state index < -0.39 is 0 Å². The average molecular weight is 321 g/mol. The lowest BCUT2D eigenvalue weighted by molar-refractivity contribution is -0.143. The van der Waals surface area contributed by atoms with Gasteiger partial charge in [-0.2, -0.15) is 0 Å². The molecule has 1 saturated heterocycles. The molecule has 0 radical (unpaired) electrons. The summed E-state index contributed by atoms with van der Waals surface area (Å²) in [5.41, 5.74) is 0.451. The van der Waals surface area contributed by atoms with Crippen LogP contribution in [0.15, 0.2) is 11.5 Å². The number of carbonyl (C=O) groups is 2. The SMILES string of the molecule is Cc1nc(/C=C/C(=O)N2CCN(C(=O)C(C)(C)C)CC2)cs1. The van der Waals surface area contributed by atoms with E-state index in [9.17, 15) is 9.59 Å². The second-order valence-corrected chi connectivity index (χ2v) is 7.55. The van der Waals surface area contributed by atoms with Crippen LogP contribution in [0.5, 0.6) is 0 Å². The molecular weight excluding hydrogens is 298 g/mol. The van der Waals surface area contributed by atoms with Gasteiger partial charge in [0.15, 0.2) is 0 Å². The highest BCUT2D eigenvalue weighted by Gasteiger charge is 2.30. The summed E-state index contributed by atoms with van der Waals surface area (Å²) >= 11 is 1.57. The summed E-state index contributed by atoms with van der Waals surface area (Å²) < 4.78 is 0. The zero-order chi connectivity index (χ0) is 16.3. The van der Waals surface area contributed by atoms with Crippen molar-refractivity contribution in [3.8, 4) is 0 Å². The maximum atomic E-state index is 12.2. The molecule has 2 heterocycles. The summed E-state index contributed by atoms with van der Waals surface area (Å²) in [6.07, 6.45) is 3.31. The maximum absolute atomic E-state index is 12.2. The first-order chi connectivity index (χ1) is 10.3. The van der Waals surface area contributed by atoms with Crippen LogP contribution >= 0.6 is 11.3 Å². The van der Waals surface area contributed by atoms with E-state index in [1.807, 2.05) is 38.0 Å². The van der Waals surface area contributed by atoms with Gasteiger partial charge >= 0.3 is 0 Å². The van der Waals surface area contributed by atoms with Crippen molar-refractivity contribution >= 4 is 29.2 Å². The second-order valence-electron chi connectivity index (χ2n) is 6.49. The van der Waals surface area contributed by atoms with Gasteiger partial charge in [0.2, 0.25) is 11.8 Å². The zero-order valence-corrected chi connectivity index (χ0v) is 14.4. The van der Waals surface area contributed by atoms with E-state index in [1.165, 1.54) is 0 Å². The Labute approximate surface area is 135 Å². The van der Waals surface area contributed by atoms with Crippen molar-refractivity contribution in [3.63, 3.8) is 0 Å². The molecule has 0 unspecified atom stereocenters. The number of amides is 2. The molecule has 5 nitrogen and oxygen atoms in total. The molecule has 22 heavy (non-hydrogen) atoms. The van der Waals surface area contributed by atoms with Gasteiger partial charge in [-0.05, 0) is 13.0 Å². The molecule has 1 aromatic rings. The van der Waals surface area contributed by atoms with E-state index in [2.05, 4.69) is 4.98 Å². The number of aromatic nitrogens is 1. The van der Waals surface area contributed by atoms with Crippen LogP contribution in [-0.2, 0) is 9.59 Å². The molecule has 1 aliphatic heterocycles. The lowest BCUT2D eigenvalue weighted by Crippen LogP contribution is -2.52. The first-order valence-corrected chi connectivity index (χ1v) is 8.34. The van der Waals surface area contributed by atoms with Crippen LogP contribution in [0.4, 0.5) is 0 Å². The van der Waals surface area contributed by atoms with Gasteiger partial charge in [0, 0.05) is 43.1 Å². The number of rotatable bonds is 2. The topological polar surface area (TPSA) is 53.5 Å². The van der Waals surface area contributed by atoms with Crippen LogP contribution in [0.1, 0.15) is 31.5 Å². The first-order valence-electron chi connectivity index (χ1n) is 7.46. The highest BCUT2D eigenvalue weighted by molar-refractivity contribution is 7.09. The zero-order valence-electron chi connectivity index (χ0n) is 13.6. The molecule has 0 atom stereocenters. The molecule has 0 aliphatic carbocycles. The molecule has 2 rings (SSSR count). The fourth-order valence-corrected chi connectivity index (χ4v) is 2.90. The minimum Gasteiger partial charge on any atom is -0.339 e. The van der Waals surface area contributed by atoms with E-state index in [-0.39, 0.29) is 17.2 Å². The third-order valence-electron chi connectivity index (χ3n) is 3.55. The van der Waals surface area contributed by atoms with Gasteiger partial charge in [0.05, 0.1) is 10.7 Å². The Kier molecular flexibility index (Phi) is 5.01. The lowest BCUT2D eigenvalue weighted by Gasteiger charge is -2.37. The Bertz CT molecular complexity index is 578. The predicted octanol–water partition coefficient (Wildman–Crippen LogP) is 2.18. The summed E-state index contributed by atoms with van der Waals surface area (Å²) in [6, 6.07) is 0. The Balaban J connectivity index is 1.87. The molecule has 1 aromatic heterocycles. The molecule has 0 saturated carbocycles. The summed E-state index contributed by atoms with van der Waals surface area (Å²) in [6.45, 7) is 10.1. The lowest BCUT2D eigenvalue weighted by atomic mass is 9.94. The summed E-state index contributed by atoms with van der Waals surface area (Å²) in [5.74, 6) is 0.126. The molecular formula is C16H23N3O2S. The summed E-state index contributed by atoms with van der Waals surface area (Å²) in [4.78, 5) is 32.3. The van der Waals surface area contributed by atoms with Gasteiger partial charge in [-0.15, -0.1) is 11.3 Å². The van der Waals surface area contributed by atoms with E-state index in [0.29, 0.717) is 26.2 Å². The van der Waals surface area contributed by atoms with Crippen molar-refractivity contribution in [2.24, 2.45) is 5.41 Å². The molecule has 2 amide bonds. The Hall–Kier alpha value is -1.69. The quantitative estimate of drug-likeness (QED) is 0.785. The minimum absolute atomic E-state index is 0.0199. The monoisotopic (exact) mass is 321 g/mol. The minimum atomic E-state index is -0.367. The second kappa shape index (κ2) is 6.60. The third kappa shape index (κ3) is 4.16. The van der Waals surface area contributed by atoms with Crippen LogP contribution in [0.2, 0.25) is 0 Å². The summed E-state index contributed by atoms with van der Waals surface area (Å²) in [5, 5.41) is 2.92. The van der Waals surface area contributed by atoms with E-state index in [1.54, 1.807) is 28.4 Å². The van der Waals surface area contributed by atoms with Crippen LogP contribution < -0.4 is 0 Å². The molecule has 0 bridgehead atoms. The molecule has 0 spiro atoms. The van der Waals surface area contributed by atoms with E-state index in [0.717, 1.165) is 10.7 Å². The normalized spacial score (nSPS) is 16.4. The fourth-order valence-electron chi connectivity index (χ4n) is 2.32. The Morgan fingerprint density at radius 1 is 1.18 bits per heavy atom. The van der Waals surface area contributed by atoms with E-state index in [4.69, 9.17) is 0 Å². The van der Waals surface area contributed by atoms with Gasteiger partial charge in [-0.3, -0.25) is 9.59 Å². The van der Waals surface area contributed by atoms with Crippen molar-refractivity contribution in [2.45, 2.75) is 27.7 Å². The average Bonchev–Trinajstić information content (AvgIpc) is 2.89. The largest absolute Gasteiger partial charge is 0.339 e.